The maximum absolute atomic E-state index is 12.3. The lowest BCUT2D eigenvalue weighted by Crippen LogP contribution is -2.34. The number of aryl methyl sites for hydroxylation is 1. The van der Waals surface area contributed by atoms with Gasteiger partial charge in [-0.15, -0.1) is 11.3 Å². The number of ether oxygens (including phenoxy) is 1. The fourth-order valence-corrected chi connectivity index (χ4v) is 3.34. The summed E-state index contributed by atoms with van der Waals surface area (Å²) in [7, 11) is 1.51. The van der Waals surface area contributed by atoms with E-state index >= 15 is 0 Å². The van der Waals surface area contributed by atoms with Crippen molar-refractivity contribution in [3.63, 3.8) is 0 Å². The Labute approximate surface area is 177 Å². The molecule has 0 atom stereocenters. The number of benzene rings is 2. The standard InChI is InChI=1S/C21H19N3O3S2/c1-13-5-7-14(8-6-13)19(25)24-21(28)22-15-9-10-16(17(12-15)27-2)23-20(26)18-4-3-11-29-18/h3-12H,1-2H3,(H,23,26)(H2,22,24,25,28). The fraction of sp³-hybridized carbons (Fsp3) is 0.0952. The van der Waals surface area contributed by atoms with Gasteiger partial charge in [0.2, 0.25) is 0 Å². The Morgan fingerprint density at radius 3 is 2.41 bits per heavy atom. The molecule has 148 valence electrons. The molecular formula is C21H19N3O3S2. The predicted molar refractivity (Wildman–Crippen MR) is 120 cm³/mol. The predicted octanol–water partition coefficient (Wildman–Crippen LogP) is 4.44. The summed E-state index contributed by atoms with van der Waals surface area (Å²) in [5, 5.41) is 10.4. The summed E-state index contributed by atoms with van der Waals surface area (Å²) >= 11 is 6.58. The summed E-state index contributed by atoms with van der Waals surface area (Å²) in [6, 6.07) is 15.9. The van der Waals surface area contributed by atoms with E-state index in [1.165, 1.54) is 18.4 Å². The van der Waals surface area contributed by atoms with Crippen LogP contribution in [0, 0.1) is 6.92 Å². The fourth-order valence-electron chi connectivity index (χ4n) is 2.51. The van der Waals surface area contributed by atoms with Crippen molar-refractivity contribution in [2.45, 2.75) is 6.92 Å². The highest BCUT2D eigenvalue weighted by Crippen LogP contribution is 2.28. The first-order valence-corrected chi connectivity index (χ1v) is 9.97. The number of anilines is 2. The summed E-state index contributed by atoms with van der Waals surface area (Å²) in [5.74, 6) is -0.0400. The molecule has 0 bridgehead atoms. The van der Waals surface area contributed by atoms with Crippen molar-refractivity contribution >= 4 is 51.9 Å². The van der Waals surface area contributed by atoms with Crippen LogP contribution >= 0.6 is 23.6 Å². The number of nitrogens with one attached hydrogen (secondary N) is 3. The van der Waals surface area contributed by atoms with Crippen molar-refractivity contribution in [1.82, 2.24) is 5.32 Å². The summed E-state index contributed by atoms with van der Waals surface area (Å²) in [6.45, 7) is 1.95. The molecule has 3 rings (SSSR count). The summed E-state index contributed by atoms with van der Waals surface area (Å²) in [4.78, 5) is 25.1. The van der Waals surface area contributed by atoms with Gasteiger partial charge in [-0.1, -0.05) is 23.8 Å². The Balaban J connectivity index is 1.64. The third-order valence-electron chi connectivity index (χ3n) is 3.99. The average molecular weight is 426 g/mol. The number of rotatable bonds is 5. The van der Waals surface area contributed by atoms with Gasteiger partial charge in [0.05, 0.1) is 17.7 Å². The number of carbonyl (C=O) groups excluding carboxylic acids is 2. The van der Waals surface area contributed by atoms with Gasteiger partial charge in [-0.25, -0.2) is 0 Å². The second-order valence-corrected chi connectivity index (χ2v) is 7.48. The van der Waals surface area contributed by atoms with E-state index in [1.54, 1.807) is 36.4 Å². The maximum atomic E-state index is 12.3. The normalized spacial score (nSPS) is 10.1. The van der Waals surface area contributed by atoms with Crippen molar-refractivity contribution < 1.29 is 14.3 Å². The van der Waals surface area contributed by atoms with Crippen molar-refractivity contribution in [3.05, 3.63) is 76.0 Å². The molecule has 0 radical (unpaired) electrons. The second kappa shape index (κ2) is 9.31. The van der Waals surface area contributed by atoms with Crippen LogP contribution in [0.5, 0.6) is 5.75 Å². The Morgan fingerprint density at radius 1 is 1.00 bits per heavy atom. The molecule has 1 heterocycles. The molecule has 2 amide bonds. The van der Waals surface area contributed by atoms with Crippen LogP contribution in [0.4, 0.5) is 11.4 Å². The van der Waals surface area contributed by atoms with E-state index in [9.17, 15) is 9.59 Å². The van der Waals surface area contributed by atoms with Gasteiger partial charge >= 0.3 is 0 Å². The molecule has 0 saturated heterocycles. The van der Waals surface area contributed by atoms with E-state index < -0.39 is 0 Å². The first-order chi connectivity index (χ1) is 14.0. The van der Waals surface area contributed by atoms with E-state index in [0.29, 0.717) is 27.6 Å². The largest absolute Gasteiger partial charge is 0.494 e. The molecule has 0 aliphatic heterocycles. The van der Waals surface area contributed by atoms with Gasteiger partial charge in [0, 0.05) is 17.3 Å². The Kier molecular flexibility index (Phi) is 6.58. The molecule has 2 aromatic carbocycles. The third kappa shape index (κ3) is 5.40. The molecule has 0 saturated carbocycles. The Hall–Kier alpha value is -3.23. The monoisotopic (exact) mass is 425 g/mol. The highest BCUT2D eigenvalue weighted by Gasteiger charge is 2.12. The van der Waals surface area contributed by atoms with Crippen LogP contribution in [0.3, 0.4) is 0 Å². The summed E-state index contributed by atoms with van der Waals surface area (Å²) in [5.41, 5.74) is 2.74. The SMILES string of the molecule is COc1cc(NC(=S)NC(=O)c2ccc(C)cc2)ccc1NC(=O)c1cccs1. The minimum atomic E-state index is -0.297. The highest BCUT2D eigenvalue weighted by atomic mass is 32.1. The van der Waals surface area contributed by atoms with E-state index in [1.807, 2.05) is 30.5 Å². The van der Waals surface area contributed by atoms with Crippen molar-refractivity contribution in [3.8, 4) is 5.75 Å². The smallest absolute Gasteiger partial charge is 0.265 e. The Bertz CT molecular complexity index is 1030. The molecule has 0 spiro atoms. The van der Waals surface area contributed by atoms with Crippen LogP contribution in [0.15, 0.2) is 60.0 Å². The van der Waals surface area contributed by atoms with Crippen LogP contribution in [0.2, 0.25) is 0 Å². The van der Waals surface area contributed by atoms with Crippen molar-refractivity contribution in [2.24, 2.45) is 0 Å². The molecule has 0 aliphatic carbocycles. The quantitative estimate of drug-likeness (QED) is 0.527. The lowest BCUT2D eigenvalue weighted by atomic mass is 10.1. The molecule has 0 unspecified atom stereocenters. The van der Waals surface area contributed by atoms with Crippen LogP contribution < -0.4 is 20.7 Å². The average Bonchev–Trinajstić information content (AvgIpc) is 3.24. The number of carbonyl (C=O) groups is 2. The number of thiophene rings is 1. The lowest BCUT2D eigenvalue weighted by molar-refractivity contribution is 0.0976. The molecule has 0 aliphatic rings. The van der Waals surface area contributed by atoms with Gasteiger partial charge in [0.25, 0.3) is 11.8 Å². The topological polar surface area (TPSA) is 79.5 Å². The van der Waals surface area contributed by atoms with Gasteiger partial charge in [-0.2, -0.15) is 0 Å². The molecule has 3 aromatic rings. The molecule has 3 N–H and O–H groups in total. The molecular weight excluding hydrogens is 406 g/mol. The van der Waals surface area contributed by atoms with E-state index in [2.05, 4.69) is 16.0 Å². The lowest BCUT2D eigenvalue weighted by Gasteiger charge is -2.14. The second-order valence-electron chi connectivity index (χ2n) is 6.12. The van der Waals surface area contributed by atoms with Crippen LogP contribution in [-0.2, 0) is 0 Å². The van der Waals surface area contributed by atoms with E-state index in [-0.39, 0.29) is 16.9 Å². The van der Waals surface area contributed by atoms with Crippen molar-refractivity contribution in [2.75, 3.05) is 17.7 Å². The van der Waals surface area contributed by atoms with Gasteiger partial charge in [-0.3, -0.25) is 14.9 Å². The molecule has 8 heteroatoms. The molecule has 0 fully saturated rings. The molecule has 29 heavy (non-hydrogen) atoms. The number of thiocarbonyl (C=S) groups is 1. The number of hydrogen-bond donors (Lipinski definition) is 3. The van der Waals surface area contributed by atoms with Gasteiger partial charge in [-0.05, 0) is 54.9 Å². The molecule has 6 nitrogen and oxygen atoms in total. The number of hydrogen-bond acceptors (Lipinski definition) is 5. The molecule has 1 aromatic heterocycles. The van der Waals surface area contributed by atoms with Gasteiger partial charge in [0.1, 0.15) is 5.75 Å². The van der Waals surface area contributed by atoms with Crippen LogP contribution in [0.25, 0.3) is 0 Å². The summed E-state index contributed by atoms with van der Waals surface area (Å²) < 4.78 is 5.37. The maximum Gasteiger partial charge on any atom is 0.265 e. The summed E-state index contributed by atoms with van der Waals surface area (Å²) in [6.07, 6.45) is 0. The first-order valence-electron chi connectivity index (χ1n) is 8.68. The minimum absolute atomic E-state index is 0.160. The van der Waals surface area contributed by atoms with Gasteiger partial charge < -0.3 is 15.4 Å². The zero-order chi connectivity index (χ0) is 20.8. The first kappa shape index (κ1) is 20.5. The minimum Gasteiger partial charge on any atom is -0.494 e. The highest BCUT2D eigenvalue weighted by molar-refractivity contribution is 7.80. The zero-order valence-corrected chi connectivity index (χ0v) is 17.4. The Morgan fingerprint density at radius 2 is 1.76 bits per heavy atom. The van der Waals surface area contributed by atoms with Gasteiger partial charge in [0.15, 0.2) is 5.11 Å². The zero-order valence-electron chi connectivity index (χ0n) is 15.8. The number of amides is 2. The third-order valence-corrected chi connectivity index (χ3v) is 5.07. The van der Waals surface area contributed by atoms with E-state index in [0.717, 1.165) is 5.56 Å². The van der Waals surface area contributed by atoms with E-state index in [4.69, 9.17) is 17.0 Å². The van der Waals surface area contributed by atoms with Crippen molar-refractivity contribution in [1.29, 1.82) is 0 Å². The van der Waals surface area contributed by atoms with Crippen LogP contribution in [-0.4, -0.2) is 24.0 Å². The van der Waals surface area contributed by atoms with Crippen LogP contribution in [0.1, 0.15) is 25.6 Å². The number of methoxy groups -OCH3 is 1.